The van der Waals surface area contributed by atoms with Crippen molar-refractivity contribution < 1.29 is 14.2 Å². The summed E-state index contributed by atoms with van der Waals surface area (Å²) in [6.45, 7) is 1.91. The summed E-state index contributed by atoms with van der Waals surface area (Å²) in [7, 11) is 1.38. The number of aromatic nitrogens is 1. The smallest absolute Gasteiger partial charge is 0.311 e. The molecule has 0 atom stereocenters. The van der Waals surface area contributed by atoms with Gasteiger partial charge in [-0.2, -0.15) is 0 Å². The van der Waals surface area contributed by atoms with E-state index in [4.69, 9.17) is 15.0 Å². The van der Waals surface area contributed by atoms with Gasteiger partial charge in [-0.1, -0.05) is 12.1 Å². The summed E-state index contributed by atoms with van der Waals surface area (Å²) >= 11 is 0. The number of hydrogen-bond donors (Lipinski definition) is 1. The lowest BCUT2D eigenvalue weighted by Gasteiger charge is -2.04. The van der Waals surface area contributed by atoms with Crippen molar-refractivity contribution >= 4 is 11.6 Å². The highest BCUT2D eigenvalue weighted by atomic mass is 16.6. The molecule has 0 aliphatic heterocycles. The molecule has 0 fully saturated rings. The predicted molar refractivity (Wildman–Crippen MR) is 68.9 cm³/mol. The van der Waals surface area contributed by atoms with Crippen molar-refractivity contribution in [2.24, 2.45) is 0 Å². The molecule has 0 spiro atoms. The van der Waals surface area contributed by atoms with Crippen molar-refractivity contribution in [3.05, 3.63) is 33.9 Å². The van der Waals surface area contributed by atoms with E-state index in [0.717, 1.165) is 5.56 Å². The standard InChI is InChI=1S/C12H13N3O4/c1-3-8-11(14-19-12(8)13)7-4-5-10(18-2)9(6-7)15(16)17/h4-6H,3,13H2,1-2H3. The second-order valence-electron chi connectivity index (χ2n) is 3.87. The van der Waals surface area contributed by atoms with Crippen molar-refractivity contribution in [3.8, 4) is 17.0 Å². The summed E-state index contributed by atoms with van der Waals surface area (Å²) < 4.78 is 9.87. The van der Waals surface area contributed by atoms with E-state index in [-0.39, 0.29) is 17.3 Å². The van der Waals surface area contributed by atoms with E-state index in [0.29, 0.717) is 17.7 Å². The maximum Gasteiger partial charge on any atom is 0.311 e. The van der Waals surface area contributed by atoms with Crippen LogP contribution >= 0.6 is 0 Å². The average molecular weight is 263 g/mol. The molecule has 0 amide bonds. The van der Waals surface area contributed by atoms with Gasteiger partial charge in [0.1, 0.15) is 5.69 Å². The molecular weight excluding hydrogens is 250 g/mol. The van der Waals surface area contributed by atoms with E-state index in [1.807, 2.05) is 6.92 Å². The van der Waals surface area contributed by atoms with Crippen LogP contribution in [-0.2, 0) is 6.42 Å². The van der Waals surface area contributed by atoms with Gasteiger partial charge in [-0.05, 0) is 18.6 Å². The lowest BCUT2D eigenvalue weighted by Crippen LogP contribution is -1.95. The van der Waals surface area contributed by atoms with Gasteiger partial charge >= 0.3 is 5.69 Å². The number of ether oxygens (including phenoxy) is 1. The summed E-state index contributed by atoms with van der Waals surface area (Å²) in [5.74, 6) is 0.430. The summed E-state index contributed by atoms with van der Waals surface area (Å²) in [6, 6.07) is 4.61. The maximum atomic E-state index is 11.0. The number of hydrogen-bond acceptors (Lipinski definition) is 6. The van der Waals surface area contributed by atoms with Gasteiger partial charge < -0.3 is 15.0 Å². The normalized spacial score (nSPS) is 10.4. The summed E-state index contributed by atoms with van der Waals surface area (Å²) in [4.78, 5) is 10.5. The topological polar surface area (TPSA) is 104 Å². The predicted octanol–water partition coefficient (Wildman–Crippen LogP) is 2.40. The summed E-state index contributed by atoms with van der Waals surface area (Å²) in [5, 5.41) is 14.8. The quantitative estimate of drug-likeness (QED) is 0.670. The highest BCUT2D eigenvalue weighted by molar-refractivity contribution is 5.71. The molecule has 0 saturated heterocycles. The van der Waals surface area contributed by atoms with Crippen LogP contribution in [0.4, 0.5) is 11.6 Å². The third-order valence-electron chi connectivity index (χ3n) is 2.82. The van der Waals surface area contributed by atoms with Gasteiger partial charge in [-0.25, -0.2) is 0 Å². The van der Waals surface area contributed by atoms with Crippen LogP contribution in [0.2, 0.25) is 0 Å². The molecule has 0 saturated carbocycles. The number of nitro groups is 1. The highest BCUT2D eigenvalue weighted by Crippen LogP contribution is 2.34. The second kappa shape index (κ2) is 4.97. The molecule has 2 rings (SSSR count). The van der Waals surface area contributed by atoms with E-state index < -0.39 is 4.92 Å². The van der Waals surface area contributed by atoms with Crippen molar-refractivity contribution in [2.75, 3.05) is 12.8 Å². The number of rotatable bonds is 4. The van der Waals surface area contributed by atoms with Crippen LogP contribution in [0.25, 0.3) is 11.3 Å². The van der Waals surface area contributed by atoms with Gasteiger partial charge in [0.25, 0.3) is 0 Å². The van der Waals surface area contributed by atoms with Crippen molar-refractivity contribution in [2.45, 2.75) is 13.3 Å². The van der Waals surface area contributed by atoms with Gasteiger partial charge in [0, 0.05) is 17.2 Å². The Morgan fingerprint density at radius 2 is 2.26 bits per heavy atom. The van der Waals surface area contributed by atoms with E-state index >= 15 is 0 Å². The maximum absolute atomic E-state index is 11.0. The van der Waals surface area contributed by atoms with E-state index in [2.05, 4.69) is 5.16 Å². The lowest BCUT2D eigenvalue weighted by atomic mass is 10.0. The molecule has 7 heteroatoms. The van der Waals surface area contributed by atoms with Crippen LogP contribution < -0.4 is 10.5 Å². The second-order valence-corrected chi connectivity index (χ2v) is 3.87. The van der Waals surface area contributed by atoms with E-state index in [1.165, 1.54) is 19.2 Å². The number of nitrogens with zero attached hydrogens (tertiary/aromatic N) is 2. The molecule has 2 aromatic rings. The molecule has 1 aromatic carbocycles. The van der Waals surface area contributed by atoms with Gasteiger partial charge in [0.05, 0.1) is 12.0 Å². The van der Waals surface area contributed by atoms with E-state index in [1.54, 1.807) is 6.07 Å². The Balaban J connectivity index is 2.57. The number of benzene rings is 1. The van der Waals surface area contributed by atoms with E-state index in [9.17, 15) is 10.1 Å². The highest BCUT2D eigenvalue weighted by Gasteiger charge is 2.20. The number of methoxy groups -OCH3 is 1. The number of nitrogen functional groups attached to an aromatic ring is 1. The van der Waals surface area contributed by atoms with Crippen LogP contribution in [0.3, 0.4) is 0 Å². The Morgan fingerprint density at radius 1 is 1.53 bits per heavy atom. The fraction of sp³-hybridized carbons (Fsp3) is 0.250. The Morgan fingerprint density at radius 3 is 2.84 bits per heavy atom. The largest absolute Gasteiger partial charge is 0.490 e. The van der Waals surface area contributed by atoms with Crippen molar-refractivity contribution in [1.82, 2.24) is 5.16 Å². The molecule has 1 aromatic heterocycles. The van der Waals surface area contributed by atoms with Crippen LogP contribution in [-0.4, -0.2) is 17.2 Å². The first-order valence-corrected chi connectivity index (χ1v) is 5.65. The molecule has 19 heavy (non-hydrogen) atoms. The average Bonchev–Trinajstić information content (AvgIpc) is 2.78. The molecule has 0 radical (unpaired) electrons. The third-order valence-corrected chi connectivity index (χ3v) is 2.82. The number of nitro benzene ring substituents is 1. The fourth-order valence-electron chi connectivity index (χ4n) is 1.87. The first-order valence-electron chi connectivity index (χ1n) is 5.65. The summed E-state index contributed by atoms with van der Waals surface area (Å²) in [6.07, 6.45) is 0.629. The zero-order valence-electron chi connectivity index (χ0n) is 10.5. The van der Waals surface area contributed by atoms with Gasteiger partial charge in [-0.3, -0.25) is 10.1 Å². The molecule has 0 bridgehead atoms. The molecule has 1 heterocycles. The Hall–Kier alpha value is -2.57. The Labute approximate surface area is 109 Å². The van der Waals surface area contributed by atoms with Crippen molar-refractivity contribution in [3.63, 3.8) is 0 Å². The Bertz CT molecular complexity index is 621. The molecule has 100 valence electrons. The molecule has 0 unspecified atom stereocenters. The number of nitrogens with two attached hydrogens (primary N) is 1. The molecule has 0 aliphatic rings. The first kappa shape index (κ1) is 12.9. The molecule has 0 aliphatic carbocycles. The van der Waals surface area contributed by atoms with Crippen LogP contribution in [0.5, 0.6) is 5.75 Å². The zero-order valence-corrected chi connectivity index (χ0v) is 10.5. The Kier molecular flexibility index (Phi) is 3.37. The molecule has 7 nitrogen and oxygen atoms in total. The molecule has 2 N–H and O–H groups in total. The monoisotopic (exact) mass is 263 g/mol. The third kappa shape index (κ3) is 2.22. The van der Waals surface area contributed by atoms with Gasteiger partial charge in [0.2, 0.25) is 5.88 Å². The lowest BCUT2D eigenvalue weighted by molar-refractivity contribution is -0.385. The van der Waals surface area contributed by atoms with Crippen LogP contribution in [0.15, 0.2) is 22.7 Å². The minimum absolute atomic E-state index is 0.122. The summed E-state index contributed by atoms with van der Waals surface area (Å²) in [5.41, 5.74) is 7.36. The zero-order chi connectivity index (χ0) is 14.0. The minimum atomic E-state index is -0.503. The minimum Gasteiger partial charge on any atom is -0.490 e. The van der Waals surface area contributed by atoms with Crippen LogP contribution in [0, 0.1) is 10.1 Å². The fourth-order valence-corrected chi connectivity index (χ4v) is 1.87. The van der Waals surface area contributed by atoms with Crippen LogP contribution in [0.1, 0.15) is 12.5 Å². The van der Waals surface area contributed by atoms with Gasteiger partial charge in [0.15, 0.2) is 5.75 Å². The first-order chi connectivity index (χ1) is 9.08. The SMILES string of the molecule is CCc1c(-c2ccc(OC)c([N+](=O)[O-])c2)noc1N. The van der Waals surface area contributed by atoms with Crippen molar-refractivity contribution in [1.29, 1.82) is 0 Å². The van der Waals surface area contributed by atoms with Gasteiger partial charge in [-0.15, -0.1) is 0 Å². The molecular formula is C12H13N3O4. The number of anilines is 1.